The molecule has 1 aromatic heterocycles. The van der Waals surface area contributed by atoms with Crippen molar-refractivity contribution in [2.75, 3.05) is 6.61 Å². The van der Waals surface area contributed by atoms with Crippen molar-refractivity contribution in [3.8, 4) is 0 Å². The molecule has 1 saturated heterocycles. The Bertz CT molecular complexity index is 1100. The van der Waals surface area contributed by atoms with Gasteiger partial charge in [0.05, 0.1) is 30.5 Å². The van der Waals surface area contributed by atoms with E-state index in [1.165, 1.54) is 0 Å². The summed E-state index contributed by atoms with van der Waals surface area (Å²) in [7, 11) is 0. The van der Waals surface area contributed by atoms with Gasteiger partial charge in [0, 0.05) is 30.3 Å². The molecule has 0 saturated carbocycles. The highest BCUT2D eigenvalue weighted by atomic mass is 19.1. The first-order chi connectivity index (χ1) is 16.0. The smallest absolute Gasteiger partial charge is 0.325 e. The lowest BCUT2D eigenvalue weighted by molar-refractivity contribution is -0.175. The van der Waals surface area contributed by atoms with E-state index in [-0.39, 0.29) is 18.6 Å². The van der Waals surface area contributed by atoms with Crippen LogP contribution in [0.5, 0.6) is 0 Å². The number of aliphatic carboxylic acids is 1. The minimum absolute atomic E-state index is 0.0491. The molecular formula is C24H29F2N3O5. The zero-order chi connectivity index (χ0) is 24.8. The van der Waals surface area contributed by atoms with Crippen molar-refractivity contribution >= 4 is 11.9 Å². The molecule has 1 aromatic carbocycles. The van der Waals surface area contributed by atoms with Crippen LogP contribution in [-0.2, 0) is 32.2 Å². The van der Waals surface area contributed by atoms with Gasteiger partial charge < -0.3 is 14.6 Å². The molecule has 3 heterocycles. The highest BCUT2D eigenvalue weighted by molar-refractivity contribution is 5.77. The SMILES string of the molecule is CCn1ncc2c1CN([C@H]1CO[C@@H](c3cc(F)ccc3F)[C@@H](C(=O)OC(C)(C)C)C1)C2C(=O)O. The van der Waals surface area contributed by atoms with Gasteiger partial charge in [-0.1, -0.05) is 0 Å². The van der Waals surface area contributed by atoms with Gasteiger partial charge in [-0.25, -0.2) is 8.78 Å². The normalized spacial score (nSPS) is 25.2. The van der Waals surface area contributed by atoms with Crippen molar-refractivity contribution in [2.24, 2.45) is 5.92 Å². The highest BCUT2D eigenvalue weighted by Crippen LogP contribution is 2.43. The van der Waals surface area contributed by atoms with Gasteiger partial charge in [-0.3, -0.25) is 19.2 Å². The first-order valence-corrected chi connectivity index (χ1v) is 11.3. The van der Waals surface area contributed by atoms with Crippen LogP contribution in [0.3, 0.4) is 0 Å². The number of hydrogen-bond acceptors (Lipinski definition) is 6. The average Bonchev–Trinajstić information content (AvgIpc) is 3.32. The maximum Gasteiger partial charge on any atom is 0.325 e. The van der Waals surface area contributed by atoms with Crippen LogP contribution in [0.4, 0.5) is 8.78 Å². The van der Waals surface area contributed by atoms with E-state index in [2.05, 4.69) is 5.10 Å². The van der Waals surface area contributed by atoms with E-state index in [9.17, 15) is 23.5 Å². The number of halogens is 2. The predicted octanol–water partition coefficient (Wildman–Crippen LogP) is 3.61. The second-order valence-electron chi connectivity index (χ2n) is 9.72. The molecule has 34 heavy (non-hydrogen) atoms. The molecule has 0 spiro atoms. The fourth-order valence-electron chi connectivity index (χ4n) is 4.84. The van der Waals surface area contributed by atoms with Crippen molar-refractivity contribution < 1.29 is 33.0 Å². The molecule has 0 aliphatic carbocycles. The molecule has 2 aliphatic rings. The maximum absolute atomic E-state index is 14.6. The van der Waals surface area contributed by atoms with E-state index in [1.54, 1.807) is 36.5 Å². The van der Waals surface area contributed by atoms with E-state index in [4.69, 9.17) is 9.47 Å². The molecule has 4 atom stereocenters. The summed E-state index contributed by atoms with van der Waals surface area (Å²) in [4.78, 5) is 27.1. The van der Waals surface area contributed by atoms with Crippen LogP contribution >= 0.6 is 0 Å². The van der Waals surface area contributed by atoms with Crippen LogP contribution in [0.2, 0.25) is 0 Å². The van der Waals surface area contributed by atoms with Crippen LogP contribution in [0.1, 0.15) is 63.1 Å². The molecule has 0 amide bonds. The highest BCUT2D eigenvalue weighted by Gasteiger charge is 2.47. The number of hydrogen-bond donors (Lipinski definition) is 1. The summed E-state index contributed by atoms with van der Waals surface area (Å²) in [6.07, 6.45) is 0.682. The number of rotatable bonds is 5. The lowest BCUT2D eigenvalue weighted by Gasteiger charge is -2.41. The number of aryl methyl sites for hydroxylation is 1. The van der Waals surface area contributed by atoms with Crippen LogP contribution in [0, 0.1) is 17.6 Å². The number of aromatic nitrogens is 2. The van der Waals surface area contributed by atoms with Crippen LogP contribution in [-0.4, -0.2) is 50.0 Å². The van der Waals surface area contributed by atoms with E-state index in [1.807, 2.05) is 6.92 Å². The second kappa shape index (κ2) is 9.07. The standard InChI is InChI=1S/C24H29F2N3O5/c1-5-29-19-11-28(20(22(30)31)17(19)10-27-29)14-9-16(23(32)34-24(2,3)4)21(33-12-14)15-8-13(25)6-7-18(15)26/h6-8,10,14,16,20-21H,5,9,11-12H2,1-4H3,(H,30,31)/t14-,16+,20?,21+/m1/s1. The van der Waals surface area contributed by atoms with Gasteiger partial charge in [-0.15, -0.1) is 0 Å². The van der Waals surface area contributed by atoms with E-state index in [0.29, 0.717) is 18.7 Å². The average molecular weight is 478 g/mol. The summed E-state index contributed by atoms with van der Waals surface area (Å²) < 4.78 is 41.9. The Balaban J connectivity index is 1.66. The molecule has 1 fully saturated rings. The number of carbonyl (C=O) groups excluding carboxylic acids is 1. The molecule has 0 bridgehead atoms. The number of carboxylic acid groups (broad SMARTS) is 1. The molecule has 184 valence electrons. The third-order valence-corrected chi connectivity index (χ3v) is 6.28. The van der Waals surface area contributed by atoms with E-state index in [0.717, 1.165) is 23.9 Å². The Labute approximate surface area is 196 Å². The van der Waals surface area contributed by atoms with Gasteiger partial charge in [-0.2, -0.15) is 5.10 Å². The van der Waals surface area contributed by atoms with E-state index < -0.39 is 53.3 Å². The number of carboxylic acids is 1. The van der Waals surface area contributed by atoms with Gasteiger partial charge >= 0.3 is 11.9 Å². The van der Waals surface area contributed by atoms with Gasteiger partial charge in [0.15, 0.2) is 0 Å². The Morgan fingerprint density at radius 1 is 1.26 bits per heavy atom. The third-order valence-electron chi connectivity index (χ3n) is 6.28. The summed E-state index contributed by atoms with van der Waals surface area (Å²) >= 11 is 0. The zero-order valence-corrected chi connectivity index (χ0v) is 19.6. The first-order valence-electron chi connectivity index (χ1n) is 11.3. The number of esters is 1. The van der Waals surface area contributed by atoms with Crippen molar-refractivity contribution in [1.82, 2.24) is 14.7 Å². The fraction of sp³-hybridized carbons (Fsp3) is 0.542. The molecule has 2 aliphatic heterocycles. The second-order valence-corrected chi connectivity index (χ2v) is 9.72. The zero-order valence-electron chi connectivity index (χ0n) is 19.6. The quantitative estimate of drug-likeness (QED) is 0.658. The number of benzene rings is 1. The monoisotopic (exact) mass is 477 g/mol. The van der Waals surface area contributed by atoms with Gasteiger partial charge in [0.2, 0.25) is 0 Å². The summed E-state index contributed by atoms with van der Waals surface area (Å²) in [6, 6.07) is 1.64. The summed E-state index contributed by atoms with van der Waals surface area (Å²) in [5.41, 5.74) is 0.562. The van der Waals surface area contributed by atoms with Crippen molar-refractivity contribution in [3.05, 3.63) is 52.9 Å². The Morgan fingerprint density at radius 3 is 2.65 bits per heavy atom. The lowest BCUT2D eigenvalue weighted by atomic mass is 9.86. The minimum Gasteiger partial charge on any atom is -0.480 e. The molecule has 8 nitrogen and oxygen atoms in total. The van der Waals surface area contributed by atoms with Crippen LogP contribution < -0.4 is 0 Å². The predicted molar refractivity (Wildman–Crippen MR) is 117 cm³/mol. The Morgan fingerprint density at radius 2 is 2.00 bits per heavy atom. The summed E-state index contributed by atoms with van der Waals surface area (Å²) in [6.45, 7) is 8.06. The first kappa shape index (κ1) is 24.3. The van der Waals surface area contributed by atoms with Crippen LogP contribution in [0.15, 0.2) is 24.4 Å². The van der Waals surface area contributed by atoms with Gasteiger partial charge in [0.1, 0.15) is 23.3 Å². The topological polar surface area (TPSA) is 93.9 Å². The maximum atomic E-state index is 14.6. The van der Waals surface area contributed by atoms with Crippen LogP contribution in [0.25, 0.3) is 0 Å². The number of fused-ring (bicyclic) bond motifs is 1. The fourth-order valence-corrected chi connectivity index (χ4v) is 4.84. The number of ether oxygens (including phenoxy) is 2. The van der Waals surface area contributed by atoms with Gasteiger partial charge in [-0.05, 0) is 52.3 Å². The lowest BCUT2D eigenvalue weighted by Crippen LogP contribution is -2.48. The molecule has 4 rings (SSSR count). The molecule has 1 N–H and O–H groups in total. The summed E-state index contributed by atoms with van der Waals surface area (Å²) in [5, 5.41) is 14.2. The Kier molecular flexibility index (Phi) is 6.48. The number of nitrogens with zero attached hydrogens (tertiary/aromatic N) is 3. The molecular weight excluding hydrogens is 448 g/mol. The molecule has 2 aromatic rings. The van der Waals surface area contributed by atoms with Crippen molar-refractivity contribution in [3.63, 3.8) is 0 Å². The largest absolute Gasteiger partial charge is 0.480 e. The Hall–Kier alpha value is -2.85. The molecule has 10 heteroatoms. The third kappa shape index (κ3) is 4.56. The van der Waals surface area contributed by atoms with Crippen molar-refractivity contribution in [1.29, 1.82) is 0 Å². The molecule has 1 unspecified atom stereocenters. The number of carbonyl (C=O) groups is 2. The summed E-state index contributed by atoms with van der Waals surface area (Å²) in [5.74, 6) is -3.90. The van der Waals surface area contributed by atoms with Gasteiger partial charge in [0.25, 0.3) is 0 Å². The molecule has 0 radical (unpaired) electrons. The van der Waals surface area contributed by atoms with E-state index >= 15 is 0 Å². The minimum atomic E-state index is -1.05. The van der Waals surface area contributed by atoms with Crippen molar-refractivity contribution in [2.45, 2.75) is 71.0 Å².